The summed E-state index contributed by atoms with van der Waals surface area (Å²) in [5.41, 5.74) is 3.88. The number of hydrogen-bond acceptors (Lipinski definition) is 9. The van der Waals surface area contributed by atoms with E-state index in [4.69, 9.17) is 14.2 Å². The van der Waals surface area contributed by atoms with Crippen LogP contribution in [0.15, 0.2) is 53.7 Å². The Labute approximate surface area is 205 Å². The summed E-state index contributed by atoms with van der Waals surface area (Å²) < 4.78 is 17.6. The number of carbonyl (C=O) groups is 1. The zero-order chi connectivity index (χ0) is 24.4. The van der Waals surface area contributed by atoms with E-state index in [0.29, 0.717) is 39.5 Å². The molecule has 0 bridgehead atoms. The number of nitrogens with one attached hydrogen (secondary N) is 1. The predicted molar refractivity (Wildman–Crippen MR) is 129 cm³/mol. The summed E-state index contributed by atoms with van der Waals surface area (Å²) in [4.78, 5) is 22.2. The first-order chi connectivity index (χ1) is 17.0. The molecule has 0 fully saturated rings. The molecule has 178 valence electrons. The van der Waals surface area contributed by atoms with E-state index >= 15 is 0 Å². The van der Waals surface area contributed by atoms with Crippen molar-refractivity contribution in [2.75, 3.05) is 19.2 Å². The quantitative estimate of drug-likeness (QED) is 0.304. The predicted octanol–water partition coefficient (Wildman–Crippen LogP) is 3.96. The van der Waals surface area contributed by atoms with Gasteiger partial charge in [-0.2, -0.15) is 0 Å². The van der Waals surface area contributed by atoms with Crippen LogP contribution in [0.2, 0.25) is 0 Å². The minimum Gasteiger partial charge on any atom is -0.497 e. The van der Waals surface area contributed by atoms with Gasteiger partial charge in [0.15, 0.2) is 22.3 Å². The molecule has 0 aliphatic carbocycles. The van der Waals surface area contributed by atoms with Crippen LogP contribution in [0.25, 0.3) is 5.69 Å². The fourth-order valence-corrected chi connectivity index (χ4v) is 4.54. The normalized spacial score (nSPS) is 12.0. The number of nitrogens with zero attached hydrogens (tertiary/aromatic N) is 5. The molecule has 0 unspecified atom stereocenters. The molecule has 2 aromatic carbocycles. The number of carbonyl (C=O) groups excluding carboxylic acids is 1. The Bertz CT molecular complexity index is 1370. The van der Waals surface area contributed by atoms with Crippen molar-refractivity contribution in [1.82, 2.24) is 25.0 Å². The Kier molecular flexibility index (Phi) is 6.23. The van der Waals surface area contributed by atoms with Gasteiger partial charge in [0.25, 0.3) is 5.91 Å². The van der Waals surface area contributed by atoms with E-state index in [2.05, 4.69) is 25.6 Å². The smallest absolute Gasteiger partial charge is 0.278 e. The zero-order valence-electron chi connectivity index (χ0n) is 19.3. The van der Waals surface area contributed by atoms with Crippen LogP contribution < -0.4 is 19.5 Å². The van der Waals surface area contributed by atoms with Gasteiger partial charge in [-0.15, -0.1) is 5.10 Å². The summed E-state index contributed by atoms with van der Waals surface area (Å²) in [5.74, 6) is 1.92. The van der Waals surface area contributed by atoms with E-state index in [1.807, 2.05) is 44.2 Å². The number of fused-ring (bicyclic) bond motifs is 1. The van der Waals surface area contributed by atoms with Gasteiger partial charge in [0, 0.05) is 28.9 Å². The molecule has 2 aromatic heterocycles. The van der Waals surface area contributed by atoms with Crippen molar-refractivity contribution in [2.45, 2.75) is 24.8 Å². The lowest BCUT2D eigenvalue weighted by Gasteiger charge is -2.10. The first-order valence-corrected chi connectivity index (χ1v) is 11.7. The number of benzene rings is 2. The average Bonchev–Trinajstić information content (AvgIpc) is 3.49. The van der Waals surface area contributed by atoms with Crippen molar-refractivity contribution >= 4 is 23.4 Å². The van der Waals surface area contributed by atoms with Gasteiger partial charge >= 0.3 is 0 Å². The molecular weight excluding hydrogens is 468 g/mol. The van der Waals surface area contributed by atoms with E-state index in [1.165, 1.54) is 11.8 Å². The average molecular weight is 491 g/mol. The number of anilines is 1. The summed E-state index contributed by atoms with van der Waals surface area (Å²) in [7, 11) is 1.61. The molecule has 4 aromatic rings. The van der Waals surface area contributed by atoms with Crippen molar-refractivity contribution in [1.29, 1.82) is 0 Å². The van der Waals surface area contributed by atoms with Gasteiger partial charge in [0.2, 0.25) is 6.79 Å². The molecule has 1 amide bonds. The zero-order valence-corrected chi connectivity index (χ0v) is 20.1. The number of amides is 1. The molecule has 35 heavy (non-hydrogen) atoms. The van der Waals surface area contributed by atoms with Crippen LogP contribution in [0.5, 0.6) is 17.2 Å². The second kappa shape index (κ2) is 9.63. The van der Waals surface area contributed by atoms with Gasteiger partial charge in [-0.25, -0.2) is 14.6 Å². The molecule has 10 nitrogen and oxygen atoms in total. The monoisotopic (exact) mass is 490 g/mol. The Hall–Kier alpha value is -4.12. The molecule has 1 aliphatic heterocycles. The molecular formula is C24H22N6O4S. The highest BCUT2D eigenvalue weighted by atomic mass is 32.2. The van der Waals surface area contributed by atoms with Crippen molar-refractivity contribution in [3.8, 4) is 22.9 Å². The Morgan fingerprint density at radius 2 is 1.80 bits per heavy atom. The minimum atomic E-state index is -0.388. The van der Waals surface area contributed by atoms with Gasteiger partial charge in [0.05, 0.1) is 18.5 Å². The second-order valence-corrected chi connectivity index (χ2v) is 8.68. The van der Waals surface area contributed by atoms with E-state index in [1.54, 1.807) is 30.0 Å². The molecule has 0 saturated carbocycles. The van der Waals surface area contributed by atoms with E-state index < -0.39 is 0 Å². The van der Waals surface area contributed by atoms with Crippen LogP contribution >= 0.6 is 11.8 Å². The third kappa shape index (κ3) is 4.90. The van der Waals surface area contributed by atoms with Crippen molar-refractivity contribution < 1.29 is 19.0 Å². The SMILES string of the molecule is COc1ccc(-n2nnc(C(=O)Nc3ccc4c(c3)OCO4)c2CSc2nc(C)cc(C)n2)cc1. The van der Waals surface area contributed by atoms with E-state index in [-0.39, 0.29) is 18.4 Å². The molecule has 0 spiro atoms. The first kappa shape index (κ1) is 22.7. The van der Waals surface area contributed by atoms with Gasteiger partial charge in [-0.3, -0.25) is 4.79 Å². The second-order valence-electron chi connectivity index (χ2n) is 7.74. The molecule has 1 aliphatic rings. The largest absolute Gasteiger partial charge is 0.497 e. The van der Waals surface area contributed by atoms with Crippen molar-refractivity contribution in [3.63, 3.8) is 0 Å². The number of aromatic nitrogens is 5. The van der Waals surface area contributed by atoms with E-state index in [9.17, 15) is 4.79 Å². The number of hydrogen-bond donors (Lipinski definition) is 1. The molecule has 0 radical (unpaired) electrons. The van der Waals surface area contributed by atoms with Crippen LogP contribution in [-0.2, 0) is 5.75 Å². The standard InChI is InChI=1S/C24H22N6O4S/c1-14-10-15(2)26-24(25-14)35-12-19-22(28-29-30(19)17-5-7-18(32-3)8-6-17)23(31)27-16-4-9-20-21(11-16)34-13-33-20/h4-11H,12-13H2,1-3H3,(H,27,31). The lowest BCUT2D eigenvalue weighted by atomic mass is 10.2. The Morgan fingerprint density at radius 3 is 2.54 bits per heavy atom. The summed E-state index contributed by atoms with van der Waals surface area (Å²) in [6, 6.07) is 14.5. The summed E-state index contributed by atoms with van der Waals surface area (Å²) in [5, 5.41) is 12.0. The van der Waals surface area contributed by atoms with Crippen LogP contribution in [0.1, 0.15) is 27.6 Å². The molecule has 1 N–H and O–H groups in total. The molecule has 5 rings (SSSR count). The number of aryl methyl sites for hydroxylation is 2. The maximum Gasteiger partial charge on any atom is 0.278 e. The Balaban J connectivity index is 1.45. The summed E-state index contributed by atoms with van der Waals surface area (Å²) >= 11 is 1.41. The lowest BCUT2D eigenvalue weighted by molar-refractivity contribution is 0.102. The van der Waals surface area contributed by atoms with Crippen LogP contribution in [0, 0.1) is 13.8 Å². The highest BCUT2D eigenvalue weighted by molar-refractivity contribution is 7.98. The van der Waals surface area contributed by atoms with Crippen LogP contribution in [-0.4, -0.2) is 44.8 Å². The maximum atomic E-state index is 13.2. The fraction of sp³-hybridized carbons (Fsp3) is 0.208. The number of rotatable bonds is 7. The van der Waals surface area contributed by atoms with Gasteiger partial charge < -0.3 is 19.5 Å². The lowest BCUT2D eigenvalue weighted by Crippen LogP contribution is -2.15. The maximum absolute atomic E-state index is 13.2. The number of methoxy groups -OCH3 is 1. The first-order valence-electron chi connectivity index (χ1n) is 10.8. The third-order valence-electron chi connectivity index (χ3n) is 5.23. The Morgan fingerprint density at radius 1 is 1.06 bits per heavy atom. The van der Waals surface area contributed by atoms with Gasteiger partial charge in [-0.1, -0.05) is 17.0 Å². The molecule has 11 heteroatoms. The minimum absolute atomic E-state index is 0.158. The van der Waals surface area contributed by atoms with Crippen molar-refractivity contribution in [3.05, 3.63) is 71.3 Å². The third-order valence-corrected chi connectivity index (χ3v) is 6.08. The van der Waals surface area contributed by atoms with Crippen LogP contribution in [0.4, 0.5) is 5.69 Å². The summed E-state index contributed by atoms with van der Waals surface area (Å²) in [6.07, 6.45) is 0. The van der Waals surface area contributed by atoms with Crippen LogP contribution in [0.3, 0.4) is 0 Å². The highest BCUT2D eigenvalue weighted by Crippen LogP contribution is 2.34. The van der Waals surface area contributed by atoms with Gasteiger partial charge in [-0.05, 0) is 56.3 Å². The van der Waals surface area contributed by atoms with Crippen molar-refractivity contribution in [2.24, 2.45) is 0 Å². The number of ether oxygens (including phenoxy) is 3. The fourth-order valence-electron chi connectivity index (χ4n) is 3.59. The summed E-state index contributed by atoms with van der Waals surface area (Å²) in [6.45, 7) is 4.00. The number of thioether (sulfide) groups is 1. The van der Waals surface area contributed by atoms with Gasteiger partial charge in [0.1, 0.15) is 5.75 Å². The highest BCUT2D eigenvalue weighted by Gasteiger charge is 2.23. The topological polar surface area (TPSA) is 113 Å². The van der Waals surface area contributed by atoms with E-state index in [0.717, 1.165) is 17.1 Å². The molecule has 0 atom stereocenters. The molecule has 3 heterocycles. The molecule has 0 saturated heterocycles.